The van der Waals surface area contributed by atoms with Crippen molar-refractivity contribution in [3.05, 3.63) is 41.5 Å². The van der Waals surface area contributed by atoms with Crippen molar-refractivity contribution in [1.82, 2.24) is 0 Å². The zero-order valence-corrected chi connectivity index (χ0v) is 10.3. The SMILES string of the molecule is CCCCCc1ccc(C=CC(=O)Cl)cc1. The average Bonchev–Trinajstić information content (AvgIpc) is 2.28. The highest BCUT2D eigenvalue weighted by atomic mass is 35.5. The van der Waals surface area contributed by atoms with Crippen molar-refractivity contribution in [2.45, 2.75) is 32.6 Å². The van der Waals surface area contributed by atoms with Crippen molar-refractivity contribution >= 4 is 22.9 Å². The van der Waals surface area contributed by atoms with Gasteiger partial charge in [-0.2, -0.15) is 0 Å². The molecule has 0 amide bonds. The second kappa shape index (κ2) is 7.24. The molecule has 1 aromatic carbocycles. The van der Waals surface area contributed by atoms with E-state index in [2.05, 4.69) is 19.1 Å². The van der Waals surface area contributed by atoms with E-state index in [4.69, 9.17) is 11.6 Å². The van der Waals surface area contributed by atoms with Gasteiger partial charge >= 0.3 is 0 Å². The quantitative estimate of drug-likeness (QED) is 0.411. The molecule has 0 aromatic heterocycles. The van der Waals surface area contributed by atoms with Crippen LogP contribution in [0.4, 0.5) is 0 Å². The third kappa shape index (κ3) is 5.13. The van der Waals surface area contributed by atoms with E-state index in [-0.39, 0.29) is 0 Å². The summed E-state index contributed by atoms with van der Waals surface area (Å²) in [6.45, 7) is 2.21. The molecule has 2 heteroatoms. The van der Waals surface area contributed by atoms with Crippen LogP contribution >= 0.6 is 11.6 Å². The second-order valence-corrected chi connectivity index (χ2v) is 4.21. The lowest BCUT2D eigenvalue weighted by molar-refractivity contribution is -0.107. The monoisotopic (exact) mass is 236 g/mol. The number of benzene rings is 1. The first-order chi connectivity index (χ1) is 7.72. The van der Waals surface area contributed by atoms with Gasteiger partial charge in [0.2, 0.25) is 5.24 Å². The third-order valence-corrected chi connectivity index (χ3v) is 2.58. The molecular formula is C14H17ClO. The summed E-state index contributed by atoms with van der Waals surface area (Å²) in [7, 11) is 0. The van der Waals surface area contributed by atoms with E-state index in [1.165, 1.54) is 30.9 Å². The fraction of sp³-hybridized carbons (Fsp3) is 0.357. The maximum atomic E-state index is 10.5. The molecular weight excluding hydrogens is 220 g/mol. The molecule has 0 aliphatic heterocycles. The minimum atomic E-state index is -0.438. The van der Waals surface area contributed by atoms with Gasteiger partial charge in [0, 0.05) is 0 Å². The summed E-state index contributed by atoms with van der Waals surface area (Å²) in [5, 5.41) is -0.438. The van der Waals surface area contributed by atoms with Gasteiger partial charge < -0.3 is 0 Å². The van der Waals surface area contributed by atoms with E-state index < -0.39 is 5.24 Å². The van der Waals surface area contributed by atoms with Crippen molar-refractivity contribution in [2.24, 2.45) is 0 Å². The first-order valence-corrected chi connectivity index (χ1v) is 6.06. The molecule has 0 fully saturated rings. The maximum absolute atomic E-state index is 10.5. The van der Waals surface area contributed by atoms with E-state index in [0.29, 0.717) is 0 Å². The topological polar surface area (TPSA) is 17.1 Å². The van der Waals surface area contributed by atoms with E-state index in [1.807, 2.05) is 12.1 Å². The van der Waals surface area contributed by atoms with Gasteiger partial charge in [-0.3, -0.25) is 4.79 Å². The van der Waals surface area contributed by atoms with Crippen LogP contribution in [0.15, 0.2) is 30.3 Å². The van der Waals surface area contributed by atoms with Gasteiger partial charge in [-0.1, -0.05) is 50.1 Å². The number of carbonyl (C=O) groups excluding carboxylic acids is 1. The van der Waals surface area contributed by atoms with Gasteiger partial charge in [0.05, 0.1) is 0 Å². The lowest BCUT2D eigenvalue weighted by Gasteiger charge is -2.01. The van der Waals surface area contributed by atoms with E-state index in [0.717, 1.165) is 12.0 Å². The van der Waals surface area contributed by atoms with Crippen LogP contribution in [0.1, 0.15) is 37.3 Å². The molecule has 0 spiro atoms. The summed E-state index contributed by atoms with van der Waals surface area (Å²) < 4.78 is 0. The minimum absolute atomic E-state index is 0.438. The molecule has 0 heterocycles. The fourth-order valence-corrected chi connectivity index (χ4v) is 1.60. The summed E-state index contributed by atoms with van der Waals surface area (Å²) in [4.78, 5) is 10.5. The Labute approximate surface area is 102 Å². The number of halogens is 1. The Bertz CT molecular complexity index is 352. The normalized spacial score (nSPS) is 10.9. The Balaban J connectivity index is 2.51. The van der Waals surface area contributed by atoms with Crippen LogP contribution < -0.4 is 0 Å². The molecule has 0 N–H and O–H groups in total. The van der Waals surface area contributed by atoms with Gasteiger partial charge in [0.15, 0.2) is 0 Å². The smallest absolute Gasteiger partial charge is 0.245 e. The molecule has 1 rings (SSSR count). The van der Waals surface area contributed by atoms with Crippen LogP contribution in [0.25, 0.3) is 6.08 Å². The Hall–Kier alpha value is -1.08. The molecule has 0 radical (unpaired) electrons. The first kappa shape index (κ1) is 13.0. The Morgan fingerprint density at radius 3 is 2.50 bits per heavy atom. The van der Waals surface area contributed by atoms with Crippen LogP contribution in [0.2, 0.25) is 0 Å². The third-order valence-electron chi connectivity index (χ3n) is 2.46. The Kier molecular flexibility index (Phi) is 5.87. The van der Waals surface area contributed by atoms with Gasteiger partial charge in [-0.15, -0.1) is 0 Å². The molecule has 0 saturated carbocycles. The molecule has 0 saturated heterocycles. The second-order valence-electron chi connectivity index (χ2n) is 3.84. The Morgan fingerprint density at radius 2 is 1.94 bits per heavy atom. The number of hydrogen-bond donors (Lipinski definition) is 0. The van der Waals surface area contributed by atoms with Crippen LogP contribution in [-0.2, 0) is 11.2 Å². The number of rotatable bonds is 6. The highest BCUT2D eigenvalue weighted by molar-refractivity contribution is 6.66. The molecule has 0 aliphatic carbocycles. The number of carbonyl (C=O) groups is 1. The number of hydrogen-bond acceptors (Lipinski definition) is 1. The average molecular weight is 237 g/mol. The van der Waals surface area contributed by atoms with Crippen LogP contribution in [0.5, 0.6) is 0 Å². The van der Waals surface area contributed by atoms with Crippen LogP contribution in [-0.4, -0.2) is 5.24 Å². The van der Waals surface area contributed by atoms with Crippen molar-refractivity contribution < 1.29 is 4.79 Å². The molecule has 1 aromatic rings. The predicted octanol–water partition coefficient (Wildman–Crippen LogP) is 4.20. The minimum Gasteiger partial charge on any atom is -0.276 e. The van der Waals surface area contributed by atoms with Crippen LogP contribution in [0, 0.1) is 0 Å². The first-order valence-electron chi connectivity index (χ1n) is 5.69. The summed E-state index contributed by atoms with van der Waals surface area (Å²) in [5.74, 6) is 0. The predicted molar refractivity (Wildman–Crippen MR) is 69.6 cm³/mol. The molecule has 0 unspecified atom stereocenters. The zero-order valence-electron chi connectivity index (χ0n) is 9.58. The molecule has 1 nitrogen and oxygen atoms in total. The molecule has 0 bridgehead atoms. The van der Waals surface area contributed by atoms with Crippen LogP contribution in [0.3, 0.4) is 0 Å². The summed E-state index contributed by atoms with van der Waals surface area (Å²) in [6, 6.07) is 8.23. The van der Waals surface area contributed by atoms with Gasteiger partial charge in [-0.25, -0.2) is 0 Å². The van der Waals surface area contributed by atoms with Crippen molar-refractivity contribution in [3.8, 4) is 0 Å². The molecule has 0 aliphatic rings. The van der Waals surface area contributed by atoms with Gasteiger partial charge in [0.1, 0.15) is 0 Å². The number of aryl methyl sites for hydroxylation is 1. The van der Waals surface area contributed by atoms with E-state index >= 15 is 0 Å². The lowest BCUT2D eigenvalue weighted by Crippen LogP contribution is -1.85. The maximum Gasteiger partial charge on any atom is 0.245 e. The molecule has 86 valence electrons. The number of unbranched alkanes of at least 4 members (excludes halogenated alkanes) is 2. The largest absolute Gasteiger partial charge is 0.276 e. The van der Waals surface area contributed by atoms with Gasteiger partial charge in [0.25, 0.3) is 0 Å². The van der Waals surface area contributed by atoms with Crippen molar-refractivity contribution in [1.29, 1.82) is 0 Å². The standard InChI is InChI=1S/C14H17ClO/c1-2-3-4-5-12-6-8-13(9-7-12)10-11-14(15)16/h6-11H,2-5H2,1H3. The zero-order chi connectivity index (χ0) is 11.8. The molecule has 0 atom stereocenters. The van der Waals surface area contributed by atoms with E-state index in [1.54, 1.807) is 6.08 Å². The highest BCUT2D eigenvalue weighted by Gasteiger charge is 1.93. The summed E-state index contributed by atoms with van der Waals surface area (Å²) in [5.41, 5.74) is 2.36. The number of allylic oxidation sites excluding steroid dienone is 1. The lowest BCUT2D eigenvalue weighted by atomic mass is 10.1. The van der Waals surface area contributed by atoms with Crippen molar-refractivity contribution in [2.75, 3.05) is 0 Å². The summed E-state index contributed by atoms with van der Waals surface area (Å²) in [6.07, 6.45) is 8.00. The highest BCUT2D eigenvalue weighted by Crippen LogP contribution is 2.10. The van der Waals surface area contributed by atoms with Gasteiger partial charge in [-0.05, 0) is 41.6 Å². The Morgan fingerprint density at radius 1 is 1.25 bits per heavy atom. The summed E-state index contributed by atoms with van der Waals surface area (Å²) >= 11 is 5.22. The van der Waals surface area contributed by atoms with E-state index in [9.17, 15) is 4.79 Å². The fourth-order valence-electron chi connectivity index (χ4n) is 1.54. The van der Waals surface area contributed by atoms with Crippen molar-refractivity contribution in [3.63, 3.8) is 0 Å². The molecule has 16 heavy (non-hydrogen) atoms.